The Morgan fingerprint density at radius 1 is 0.930 bits per heavy atom. The second-order valence-corrected chi connectivity index (χ2v) is 9.98. The average Bonchev–Trinajstić information content (AvgIpc) is 2.93. The van der Waals surface area contributed by atoms with Crippen molar-refractivity contribution in [1.29, 1.82) is 0 Å². The minimum absolute atomic E-state index is 0.138. The van der Waals surface area contributed by atoms with Crippen molar-refractivity contribution >= 4 is 46.7 Å². The number of ether oxygens (including phenoxy) is 2. The summed E-state index contributed by atoms with van der Waals surface area (Å²) in [6, 6.07) is 17.5. The van der Waals surface area contributed by atoms with Crippen molar-refractivity contribution in [3.63, 3.8) is 0 Å². The van der Waals surface area contributed by atoms with Gasteiger partial charge < -0.3 is 20.1 Å². The molecule has 0 saturated carbocycles. The van der Waals surface area contributed by atoms with Gasteiger partial charge in [0.25, 0.3) is 0 Å². The van der Waals surface area contributed by atoms with Gasteiger partial charge in [0.2, 0.25) is 0 Å². The molecule has 1 aliphatic heterocycles. The number of anilines is 1. The molecule has 1 heterocycles. The van der Waals surface area contributed by atoms with Gasteiger partial charge in [-0.25, -0.2) is 9.98 Å². The molecule has 2 N–H and O–H groups in total. The Balaban J connectivity index is 1.42. The van der Waals surface area contributed by atoms with Gasteiger partial charge in [0, 0.05) is 17.4 Å². The van der Waals surface area contributed by atoms with Crippen LogP contribution in [0, 0.1) is 0 Å². The molecular weight excluding hydrogens is 598 g/mol. The van der Waals surface area contributed by atoms with Crippen LogP contribution in [0.5, 0.6) is 11.5 Å². The van der Waals surface area contributed by atoms with Crippen LogP contribution in [0.2, 0.25) is 0 Å². The van der Waals surface area contributed by atoms with Gasteiger partial charge in [0.15, 0.2) is 10.9 Å². The number of thioether (sulfide) groups is 1. The van der Waals surface area contributed by atoms with E-state index < -0.39 is 12.7 Å². The van der Waals surface area contributed by atoms with Crippen molar-refractivity contribution in [2.75, 3.05) is 10.7 Å². The number of aliphatic imine (C=N–C) groups is 2. The van der Waals surface area contributed by atoms with E-state index in [-0.39, 0.29) is 29.1 Å². The first-order chi connectivity index (χ1) is 20.4. The highest BCUT2D eigenvalue weighted by atomic mass is 32.2. The van der Waals surface area contributed by atoms with Crippen LogP contribution in [0.3, 0.4) is 0 Å². The molecule has 0 amide bonds. The van der Waals surface area contributed by atoms with E-state index in [1.807, 2.05) is 6.92 Å². The quantitative estimate of drug-likeness (QED) is 0.123. The summed E-state index contributed by atoms with van der Waals surface area (Å²) in [5.41, 5.74) is 7.84. The molecule has 3 aromatic rings. The number of alkyl halides is 6. The Labute approximate surface area is 246 Å². The number of nitrogens with two attached hydrogens (primary N) is 1. The molecule has 1 fully saturated rings. The fourth-order valence-corrected chi connectivity index (χ4v) is 5.01. The molecular formula is C28H24F6N6O2S. The lowest BCUT2D eigenvalue weighted by molar-refractivity contribution is -0.275. The molecule has 15 heteroatoms. The smallest absolute Gasteiger partial charge is 0.406 e. The molecule has 0 bridgehead atoms. The standard InChI is InChI=1S/C28H24F6N6O2S/c1-18-14-15-43-26(40(18)23-4-2-3-5-24(23)42-28(32,33)34)39-38-16-19-6-8-20(9-7-19)25(35)37-17-36-21-10-12-22(13-11-21)41-27(29,30)31/h2-13,16-18H,14-15H2,1H3,(H2,35,36,37)/b38-16+,39-26-. The predicted molar refractivity (Wildman–Crippen MR) is 156 cm³/mol. The number of amidine groups is 2. The Hall–Kier alpha value is -4.53. The lowest BCUT2D eigenvalue weighted by Gasteiger charge is -2.35. The van der Waals surface area contributed by atoms with Gasteiger partial charge in [-0.05, 0) is 55.3 Å². The summed E-state index contributed by atoms with van der Waals surface area (Å²) in [6.45, 7) is 1.89. The topological polar surface area (TPSA) is 97.2 Å². The minimum Gasteiger partial charge on any atom is -0.406 e. The summed E-state index contributed by atoms with van der Waals surface area (Å²) >= 11 is 1.38. The maximum atomic E-state index is 13.0. The van der Waals surface area contributed by atoms with Crippen molar-refractivity contribution in [2.24, 2.45) is 25.9 Å². The van der Waals surface area contributed by atoms with Gasteiger partial charge in [0.1, 0.15) is 17.9 Å². The molecule has 3 aromatic carbocycles. The monoisotopic (exact) mass is 622 g/mol. The molecule has 0 radical (unpaired) electrons. The van der Waals surface area contributed by atoms with Crippen LogP contribution in [0.1, 0.15) is 24.5 Å². The molecule has 0 aliphatic carbocycles. The molecule has 0 aromatic heterocycles. The van der Waals surface area contributed by atoms with Crippen molar-refractivity contribution in [3.05, 3.63) is 83.9 Å². The third-order valence-corrected chi connectivity index (χ3v) is 6.77. The maximum absolute atomic E-state index is 13.0. The van der Waals surface area contributed by atoms with Crippen molar-refractivity contribution in [2.45, 2.75) is 32.1 Å². The predicted octanol–water partition coefficient (Wildman–Crippen LogP) is 7.27. The van der Waals surface area contributed by atoms with E-state index in [4.69, 9.17) is 5.73 Å². The first-order valence-corrected chi connectivity index (χ1v) is 13.6. The van der Waals surface area contributed by atoms with Crippen LogP contribution in [0.4, 0.5) is 37.7 Å². The lowest BCUT2D eigenvalue weighted by Crippen LogP contribution is -2.41. The first-order valence-electron chi connectivity index (χ1n) is 12.6. The maximum Gasteiger partial charge on any atom is 0.573 e. The number of benzene rings is 3. The summed E-state index contributed by atoms with van der Waals surface area (Å²) in [5, 5.41) is 8.86. The van der Waals surface area contributed by atoms with Crippen LogP contribution in [-0.4, -0.2) is 48.1 Å². The molecule has 43 heavy (non-hydrogen) atoms. The third kappa shape index (κ3) is 9.49. The normalized spacial score (nSPS) is 17.7. The average molecular weight is 623 g/mol. The molecule has 1 saturated heterocycles. The largest absolute Gasteiger partial charge is 0.573 e. The zero-order valence-corrected chi connectivity index (χ0v) is 23.2. The number of rotatable bonds is 8. The number of nitrogens with zero attached hydrogens (tertiary/aromatic N) is 5. The van der Waals surface area contributed by atoms with Crippen LogP contribution in [-0.2, 0) is 0 Å². The van der Waals surface area contributed by atoms with Crippen LogP contribution < -0.4 is 20.1 Å². The minimum atomic E-state index is -4.84. The molecule has 1 aliphatic rings. The number of halogens is 6. The third-order valence-electron chi connectivity index (χ3n) is 5.79. The van der Waals surface area contributed by atoms with E-state index in [2.05, 4.69) is 29.7 Å². The Morgan fingerprint density at radius 2 is 1.60 bits per heavy atom. The second kappa shape index (κ2) is 13.6. The summed E-state index contributed by atoms with van der Waals surface area (Å²) in [7, 11) is 0. The Morgan fingerprint density at radius 3 is 2.28 bits per heavy atom. The van der Waals surface area contributed by atoms with Crippen LogP contribution in [0.25, 0.3) is 0 Å². The summed E-state index contributed by atoms with van der Waals surface area (Å²) < 4.78 is 83.8. The van der Waals surface area contributed by atoms with Crippen molar-refractivity contribution < 1.29 is 35.8 Å². The molecule has 1 atom stereocenters. The molecule has 226 valence electrons. The fourth-order valence-electron chi connectivity index (χ4n) is 3.84. The SMILES string of the molecule is CC1CCS/C(=N\N=C\c2ccc(C(N)=NC=Nc3ccc(OC(F)(F)F)cc3)cc2)N1c1ccccc1OC(F)(F)F. The highest BCUT2D eigenvalue weighted by Gasteiger charge is 2.35. The lowest BCUT2D eigenvalue weighted by atomic mass is 10.1. The Kier molecular flexibility index (Phi) is 9.95. The van der Waals surface area contributed by atoms with Gasteiger partial charge in [-0.3, -0.25) is 0 Å². The van der Waals surface area contributed by atoms with Crippen LogP contribution >= 0.6 is 11.8 Å². The molecule has 8 nitrogen and oxygen atoms in total. The van der Waals surface area contributed by atoms with E-state index in [1.165, 1.54) is 48.6 Å². The number of hydrogen-bond acceptors (Lipinski definition) is 6. The zero-order valence-electron chi connectivity index (χ0n) is 22.4. The van der Waals surface area contributed by atoms with E-state index >= 15 is 0 Å². The fraction of sp³-hybridized carbons (Fsp3) is 0.214. The van der Waals surface area contributed by atoms with Gasteiger partial charge in [-0.2, -0.15) is 5.10 Å². The summed E-state index contributed by atoms with van der Waals surface area (Å²) in [4.78, 5) is 9.76. The number of hydrogen-bond donors (Lipinski definition) is 1. The summed E-state index contributed by atoms with van der Waals surface area (Å²) in [6.07, 6.45) is -6.22. The molecule has 1 unspecified atom stereocenters. The van der Waals surface area contributed by atoms with Crippen molar-refractivity contribution in [1.82, 2.24) is 0 Å². The summed E-state index contributed by atoms with van der Waals surface area (Å²) in [5.74, 6) is 0.180. The van der Waals surface area contributed by atoms with E-state index in [9.17, 15) is 26.3 Å². The first kappa shape index (κ1) is 31.4. The van der Waals surface area contributed by atoms with E-state index in [1.54, 1.807) is 41.3 Å². The van der Waals surface area contributed by atoms with Crippen molar-refractivity contribution in [3.8, 4) is 11.5 Å². The van der Waals surface area contributed by atoms with Gasteiger partial charge in [0.05, 0.1) is 17.6 Å². The van der Waals surface area contributed by atoms with Crippen LogP contribution in [0.15, 0.2) is 93.0 Å². The van der Waals surface area contributed by atoms with Gasteiger partial charge in [-0.15, -0.1) is 31.4 Å². The highest BCUT2D eigenvalue weighted by molar-refractivity contribution is 8.14. The highest BCUT2D eigenvalue weighted by Crippen LogP contribution is 2.38. The zero-order chi connectivity index (χ0) is 31.0. The van der Waals surface area contributed by atoms with E-state index in [0.29, 0.717) is 22.0 Å². The molecule has 4 rings (SSSR count). The Bertz CT molecular complexity index is 1510. The van der Waals surface area contributed by atoms with E-state index in [0.717, 1.165) is 24.3 Å². The number of para-hydroxylation sites is 2. The second-order valence-electron chi connectivity index (χ2n) is 8.92. The van der Waals surface area contributed by atoms with Gasteiger partial charge in [-0.1, -0.05) is 48.2 Å². The van der Waals surface area contributed by atoms with Gasteiger partial charge >= 0.3 is 12.7 Å². The molecule has 0 spiro atoms.